The number of benzene rings is 2. The van der Waals surface area contributed by atoms with Crippen molar-refractivity contribution in [2.45, 2.75) is 12.1 Å². The van der Waals surface area contributed by atoms with Crippen LogP contribution in [0.15, 0.2) is 42.5 Å². The average molecular weight is 394 g/mol. The minimum atomic E-state index is -4.69. The summed E-state index contributed by atoms with van der Waals surface area (Å²) in [7, 11) is 0. The lowest BCUT2D eigenvalue weighted by Crippen LogP contribution is -2.19. The summed E-state index contributed by atoms with van der Waals surface area (Å²) < 4.78 is 53.4. The van der Waals surface area contributed by atoms with Crippen LogP contribution >= 0.6 is 23.2 Å². The fraction of sp³-hybridized carbons (Fsp3) is 0.125. The summed E-state index contributed by atoms with van der Waals surface area (Å²) in [5.41, 5.74) is -0.382. The highest BCUT2D eigenvalue weighted by Crippen LogP contribution is 2.39. The molecule has 0 aliphatic rings. The zero-order chi connectivity index (χ0) is 18.8. The van der Waals surface area contributed by atoms with Crippen molar-refractivity contribution in [1.29, 1.82) is 0 Å². The second kappa shape index (κ2) is 7.41. The van der Waals surface area contributed by atoms with E-state index in [2.05, 4.69) is 0 Å². The monoisotopic (exact) mass is 393 g/mol. The summed E-state index contributed by atoms with van der Waals surface area (Å²) in [4.78, 5) is 10.1. The zero-order valence-corrected chi connectivity index (χ0v) is 13.7. The van der Waals surface area contributed by atoms with Crippen LogP contribution in [0.5, 0.6) is 0 Å². The highest BCUT2D eigenvalue weighted by Gasteiger charge is 2.39. The molecule has 0 saturated heterocycles. The van der Waals surface area contributed by atoms with Crippen molar-refractivity contribution in [1.82, 2.24) is 0 Å². The second-order valence-electron chi connectivity index (χ2n) is 5.03. The molecule has 25 heavy (non-hydrogen) atoms. The van der Waals surface area contributed by atoms with E-state index in [0.717, 1.165) is 30.4 Å². The molecule has 0 saturated carbocycles. The lowest BCUT2D eigenvalue weighted by atomic mass is 9.97. The van der Waals surface area contributed by atoms with Crippen molar-refractivity contribution in [3.63, 3.8) is 0 Å². The number of hydrogen-bond donors (Lipinski definition) is 0. The first kappa shape index (κ1) is 19.2. The highest BCUT2D eigenvalue weighted by atomic mass is 35.5. The normalized spacial score (nSPS) is 13.2. The topological polar surface area (TPSA) is 43.1 Å². The molecule has 0 aliphatic heterocycles. The molecule has 0 heterocycles. The molecule has 2 aromatic carbocycles. The van der Waals surface area contributed by atoms with Gasteiger partial charge >= 0.3 is 6.18 Å². The lowest BCUT2D eigenvalue weighted by molar-refractivity contribution is -0.384. The van der Waals surface area contributed by atoms with Crippen molar-refractivity contribution in [3.05, 3.63) is 79.6 Å². The van der Waals surface area contributed by atoms with E-state index in [1.807, 2.05) is 0 Å². The van der Waals surface area contributed by atoms with Crippen LogP contribution in [0.4, 0.5) is 23.2 Å². The number of nitrogens with zero attached hydrogens (tertiary/aromatic N) is 1. The molecule has 0 aromatic heterocycles. The van der Waals surface area contributed by atoms with E-state index >= 15 is 0 Å². The first-order valence-electron chi connectivity index (χ1n) is 6.73. The molecule has 2 rings (SSSR count). The quantitative estimate of drug-likeness (QED) is 0.261. The third kappa shape index (κ3) is 4.70. The Kier molecular flexibility index (Phi) is 5.69. The smallest absolute Gasteiger partial charge is 0.258 e. The summed E-state index contributed by atoms with van der Waals surface area (Å²) in [6.07, 6.45) is -2.79. The van der Waals surface area contributed by atoms with Gasteiger partial charge in [-0.15, -0.1) is 0 Å². The molecule has 0 amide bonds. The van der Waals surface area contributed by atoms with Gasteiger partial charge in [0.05, 0.1) is 20.9 Å². The van der Waals surface area contributed by atoms with Crippen LogP contribution in [0.1, 0.15) is 17.0 Å². The molecular formula is C16H9Cl2F4NO2. The predicted octanol–water partition coefficient (Wildman–Crippen LogP) is 6.40. The van der Waals surface area contributed by atoms with Crippen LogP contribution in [-0.4, -0.2) is 11.1 Å². The summed E-state index contributed by atoms with van der Waals surface area (Å²) in [5.74, 6) is -3.11. The second-order valence-corrected chi connectivity index (χ2v) is 5.84. The molecule has 0 bridgehead atoms. The molecule has 0 spiro atoms. The minimum absolute atomic E-state index is 0.211. The van der Waals surface area contributed by atoms with E-state index in [9.17, 15) is 27.7 Å². The van der Waals surface area contributed by atoms with Gasteiger partial charge in [-0.05, 0) is 23.3 Å². The molecule has 1 unspecified atom stereocenters. The molecule has 2 aromatic rings. The van der Waals surface area contributed by atoms with Crippen LogP contribution in [0.2, 0.25) is 10.0 Å². The Morgan fingerprint density at radius 1 is 1.12 bits per heavy atom. The summed E-state index contributed by atoms with van der Waals surface area (Å²) >= 11 is 11.1. The average Bonchev–Trinajstić information content (AvgIpc) is 2.51. The molecule has 0 aliphatic carbocycles. The minimum Gasteiger partial charge on any atom is -0.258 e. The molecule has 0 fully saturated rings. The van der Waals surface area contributed by atoms with E-state index in [4.69, 9.17) is 23.2 Å². The molecule has 3 nitrogen and oxygen atoms in total. The number of nitro benzene ring substituents is 1. The van der Waals surface area contributed by atoms with Crippen LogP contribution in [0.3, 0.4) is 0 Å². The van der Waals surface area contributed by atoms with Crippen molar-refractivity contribution in [2.75, 3.05) is 0 Å². The third-order valence-electron chi connectivity index (χ3n) is 3.28. The van der Waals surface area contributed by atoms with Gasteiger partial charge < -0.3 is 0 Å². The van der Waals surface area contributed by atoms with E-state index in [1.165, 1.54) is 18.2 Å². The van der Waals surface area contributed by atoms with Gasteiger partial charge in [0.2, 0.25) is 0 Å². The molecular weight excluding hydrogens is 385 g/mol. The maximum atomic E-state index is 13.4. The van der Waals surface area contributed by atoms with E-state index in [0.29, 0.717) is 0 Å². The van der Waals surface area contributed by atoms with Crippen LogP contribution < -0.4 is 0 Å². The number of nitro groups is 1. The molecule has 9 heteroatoms. The SMILES string of the molecule is O=[N+]([O-])c1cccc(/C=C/C(c2cc(Cl)c(F)c(Cl)c2)C(F)(F)F)c1. The van der Waals surface area contributed by atoms with Gasteiger partial charge in [0, 0.05) is 12.1 Å². The van der Waals surface area contributed by atoms with Crippen LogP contribution in [-0.2, 0) is 0 Å². The number of allylic oxidation sites excluding steroid dienone is 1. The van der Waals surface area contributed by atoms with Crippen molar-refractivity contribution in [2.24, 2.45) is 0 Å². The largest absolute Gasteiger partial charge is 0.399 e. The Morgan fingerprint density at radius 2 is 1.72 bits per heavy atom. The number of non-ortho nitro benzene ring substituents is 1. The summed E-state index contributed by atoms with van der Waals surface area (Å²) in [6.45, 7) is 0. The fourth-order valence-corrected chi connectivity index (χ4v) is 2.62. The van der Waals surface area contributed by atoms with Gasteiger partial charge in [-0.2, -0.15) is 13.2 Å². The number of rotatable bonds is 4. The van der Waals surface area contributed by atoms with Crippen molar-refractivity contribution >= 4 is 35.0 Å². The van der Waals surface area contributed by atoms with Gasteiger partial charge in [0.15, 0.2) is 5.82 Å². The third-order valence-corrected chi connectivity index (χ3v) is 3.83. The standard InChI is InChI=1S/C16H9Cl2F4NO2/c17-13-7-10(8-14(18)15(13)19)12(16(20,21)22)5-4-9-2-1-3-11(6-9)23(24)25/h1-8,12H/b5-4+. The van der Waals surface area contributed by atoms with Gasteiger partial charge in [-0.25, -0.2) is 4.39 Å². The Morgan fingerprint density at radius 3 is 2.24 bits per heavy atom. The number of alkyl halides is 3. The molecule has 1 atom stereocenters. The maximum Gasteiger partial charge on any atom is 0.399 e. The summed E-state index contributed by atoms with van der Waals surface area (Å²) in [6, 6.07) is 6.82. The maximum absolute atomic E-state index is 13.4. The first-order chi connectivity index (χ1) is 11.6. The molecule has 0 N–H and O–H groups in total. The lowest BCUT2D eigenvalue weighted by Gasteiger charge is -2.18. The van der Waals surface area contributed by atoms with Gasteiger partial charge in [0.25, 0.3) is 5.69 Å². The van der Waals surface area contributed by atoms with Crippen molar-refractivity contribution < 1.29 is 22.5 Å². The van der Waals surface area contributed by atoms with E-state index in [1.54, 1.807) is 0 Å². The predicted molar refractivity (Wildman–Crippen MR) is 87.3 cm³/mol. The van der Waals surface area contributed by atoms with Crippen molar-refractivity contribution in [3.8, 4) is 0 Å². The van der Waals surface area contributed by atoms with E-state index < -0.39 is 32.9 Å². The zero-order valence-electron chi connectivity index (χ0n) is 12.2. The van der Waals surface area contributed by atoms with Gasteiger partial charge in [-0.3, -0.25) is 10.1 Å². The Bertz CT molecular complexity index is 814. The Balaban J connectivity index is 2.43. The highest BCUT2D eigenvalue weighted by molar-refractivity contribution is 6.35. The Labute approximate surface area is 149 Å². The fourth-order valence-electron chi connectivity index (χ4n) is 2.11. The Hall–Kier alpha value is -2.12. The molecule has 0 radical (unpaired) electrons. The number of halogens is 6. The molecule has 132 valence electrons. The van der Waals surface area contributed by atoms with Gasteiger partial charge in [-0.1, -0.05) is 47.5 Å². The van der Waals surface area contributed by atoms with Gasteiger partial charge in [0.1, 0.15) is 0 Å². The van der Waals surface area contributed by atoms with E-state index in [-0.39, 0.29) is 16.8 Å². The van der Waals surface area contributed by atoms with Crippen LogP contribution in [0.25, 0.3) is 6.08 Å². The van der Waals surface area contributed by atoms with Crippen LogP contribution in [0, 0.1) is 15.9 Å². The summed E-state index contributed by atoms with van der Waals surface area (Å²) in [5, 5.41) is 9.66. The first-order valence-corrected chi connectivity index (χ1v) is 7.49. The number of hydrogen-bond acceptors (Lipinski definition) is 2.